The Kier molecular flexibility index (Phi) is 6.73. The minimum absolute atomic E-state index is 0.0486. The number of aliphatic hydroxyl groups is 1. The van der Waals surface area contributed by atoms with Gasteiger partial charge in [-0.2, -0.15) is 0 Å². The topological polar surface area (TPSA) is 109 Å². The van der Waals surface area contributed by atoms with Crippen LogP contribution in [0.15, 0.2) is 24.3 Å². The Morgan fingerprint density at radius 3 is 2.34 bits per heavy atom. The van der Waals surface area contributed by atoms with Gasteiger partial charge in [0.2, 0.25) is 5.91 Å². The van der Waals surface area contributed by atoms with Crippen LogP contribution in [0.3, 0.4) is 0 Å². The van der Waals surface area contributed by atoms with Gasteiger partial charge in [-0.3, -0.25) is 14.4 Å². The van der Waals surface area contributed by atoms with Gasteiger partial charge in [0.05, 0.1) is 5.92 Å². The van der Waals surface area contributed by atoms with E-state index in [9.17, 15) is 28.3 Å². The monoisotopic (exact) mass is 402 g/mol. The van der Waals surface area contributed by atoms with Gasteiger partial charge in [-0.1, -0.05) is 11.8 Å². The van der Waals surface area contributed by atoms with Crippen LogP contribution in [0.4, 0.5) is 8.78 Å². The van der Waals surface area contributed by atoms with Crippen molar-refractivity contribution in [3.63, 3.8) is 0 Å². The van der Waals surface area contributed by atoms with Gasteiger partial charge < -0.3 is 16.2 Å². The molecule has 4 atom stereocenters. The van der Waals surface area contributed by atoms with Gasteiger partial charge in [-0.05, 0) is 56.4 Å². The number of alkyl halides is 2. The molecule has 4 N–H and O–H groups in total. The molecule has 0 spiro atoms. The lowest BCUT2D eigenvalue weighted by atomic mass is 9.93. The zero-order valence-electron chi connectivity index (χ0n) is 15.8. The maximum atomic E-state index is 13.0. The smallest absolute Gasteiger partial charge is 0.269 e. The summed E-state index contributed by atoms with van der Waals surface area (Å²) in [5, 5.41) is 12.0. The standard InChI is InChI=1S/C21H20F2N2O4/c1-12(26)17(21(2,29)20(22)23)25-19(28)14-9-7-13(8-10-14)5-3-4-6-15-11-16(15)18(24)27/h7-10,15-17,20,29H,11H2,1-2H3,(H2,24,27)(H,25,28)/t15?,16?,17-,21+/m1/s1. The number of halogens is 2. The van der Waals surface area contributed by atoms with Crippen LogP contribution in [0.25, 0.3) is 0 Å². The molecule has 1 aliphatic carbocycles. The van der Waals surface area contributed by atoms with E-state index in [0.29, 0.717) is 12.0 Å². The summed E-state index contributed by atoms with van der Waals surface area (Å²) in [4.78, 5) is 34.8. The highest BCUT2D eigenvalue weighted by Gasteiger charge is 2.44. The Balaban J connectivity index is 2.02. The summed E-state index contributed by atoms with van der Waals surface area (Å²) in [6.45, 7) is 1.80. The molecule has 0 aromatic heterocycles. The molecule has 0 heterocycles. The third kappa shape index (κ3) is 5.63. The first-order chi connectivity index (χ1) is 13.5. The fraction of sp³-hybridized carbons (Fsp3) is 0.381. The number of amides is 2. The van der Waals surface area contributed by atoms with Crippen molar-refractivity contribution in [2.45, 2.75) is 38.3 Å². The predicted octanol–water partition coefficient (Wildman–Crippen LogP) is 0.866. The first-order valence-electron chi connectivity index (χ1n) is 8.76. The molecule has 152 valence electrons. The number of benzene rings is 1. The Morgan fingerprint density at radius 1 is 1.24 bits per heavy atom. The molecular weight excluding hydrogens is 382 g/mol. The first kappa shape index (κ1) is 22.1. The molecule has 2 unspecified atom stereocenters. The molecule has 0 aliphatic heterocycles. The molecule has 8 heteroatoms. The fourth-order valence-corrected chi connectivity index (χ4v) is 2.61. The number of ketones is 1. The van der Waals surface area contributed by atoms with Gasteiger partial charge in [0.15, 0.2) is 5.78 Å². The van der Waals surface area contributed by atoms with Crippen molar-refractivity contribution < 1.29 is 28.3 Å². The molecule has 29 heavy (non-hydrogen) atoms. The summed E-state index contributed by atoms with van der Waals surface area (Å²) in [6, 6.07) is 4.12. The van der Waals surface area contributed by atoms with Crippen LogP contribution >= 0.6 is 0 Å². The quantitative estimate of drug-likeness (QED) is 0.614. The summed E-state index contributed by atoms with van der Waals surface area (Å²) in [5.41, 5.74) is 3.14. The van der Waals surface area contributed by atoms with Crippen LogP contribution in [0.2, 0.25) is 0 Å². The molecule has 0 radical (unpaired) electrons. The van der Waals surface area contributed by atoms with Gasteiger partial charge in [-0.25, -0.2) is 8.78 Å². The zero-order valence-corrected chi connectivity index (χ0v) is 15.8. The van der Waals surface area contributed by atoms with E-state index in [-0.39, 0.29) is 23.3 Å². The average molecular weight is 402 g/mol. The number of carbonyl (C=O) groups is 3. The number of hydrogen-bond acceptors (Lipinski definition) is 4. The molecule has 1 aliphatic rings. The highest BCUT2D eigenvalue weighted by Crippen LogP contribution is 2.37. The van der Waals surface area contributed by atoms with Crippen molar-refractivity contribution in [2.75, 3.05) is 0 Å². The van der Waals surface area contributed by atoms with Crippen LogP contribution in [-0.4, -0.2) is 40.8 Å². The summed E-state index contributed by atoms with van der Waals surface area (Å²) in [6.07, 6.45) is -2.57. The molecule has 0 bridgehead atoms. The summed E-state index contributed by atoms with van der Waals surface area (Å²) in [7, 11) is 0. The van der Waals surface area contributed by atoms with Crippen LogP contribution in [0, 0.1) is 35.5 Å². The van der Waals surface area contributed by atoms with Crippen molar-refractivity contribution >= 4 is 17.6 Å². The number of rotatable bonds is 6. The Hall–Kier alpha value is -3.23. The highest BCUT2D eigenvalue weighted by molar-refractivity contribution is 5.98. The lowest BCUT2D eigenvalue weighted by Gasteiger charge is -2.30. The maximum absolute atomic E-state index is 13.0. The second-order valence-corrected chi connectivity index (χ2v) is 6.99. The van der Waals surface area contributed by atoms with Crippen molar-refractivity contribution in [1.29, 1.82) is 0 Å². The number of primary amides is 1. The summed E-state index contributed by atoms with van der Waals surface area (Å²) in [5.74, 6) is 8.70. The van der Waals surface area contributed by atoms with Crippen LogP contribution in [0.1, 0.15) is 36.2 Å². The van der Waals surface area contributed by atoms with Gasteiger partial charge >= 0.3 is 0 Å². The summed E-state index contributed by atoms with van der Waals surface area (Å²) >= 11 is 0. The SMILES string of the molecule is CC(=O)[C@@H](NC(=O)c1ccc(C#CC#CC2CC2C(N)=O)cc1)[C@](C)(O)C(F)F. The second kappa shape index (κ2) is 8.85. The molecule has 6 nitrogen and oxygen atoms in total. The van der Waals surface area contributed by atoms with Gasteiger partial charge in [0.1, 0.15) is 11.6 Å². The highest BCUT2D eigenvalue weighted by atomic mass is 19.3. The van der Waals surface area contributed by atoms with Crippen molar-refractivity contribution in [3.8, 4) is 23.7 Å². The van der Waals surface area contributed by atoms with E-state index >= 15 is 0 Å². The van der Waals surface area contributed by atoms with E-state index in [4.69, 9.17) is 5.73 Å². The van der Waals surface area contributed by atoms with Crippen LogP contribution in [-0.2, 0) is 9.59 Å². The number of nitrogens with one attached hydrogen (secondary N) is 1. The number of nitrogens with two attached hydrogens (primary N) is 1. The Morgan fingerprint density at radius 2 is 1.86 bits per heavy atom. The van der Waals surface area contributed by atoms with Crippen molar-refractivity contribution in [2.24, 2.45) is 17.6 Å². The van der Waals surface area contributed by atoms with E-state index in [1.807, 2.05) is 0 Å². The van der Waals surface area contributed by atoms with Gasteiger partial charge in [0.25, 0.3) is 12.3 Å². The molecule has 0 saturated heterocycles. The number of carbonyl (C=O) groups excluding carboxylic acids is 3. The van der Waals surface area contributed by atoms with Crippen molar-refractivity contribution in [3.05, 3.63) is 35.4 Å². The number of hydrogen-bond donors (Lipinski definition) is 3. The Labute approximate surface area is 166 Å². The second-order valence-electron chi connectivity index (χ2n) is 6.99. The van der Waals surface area contributed by atoms with E-state index in [0.717, 1.165) is 13.8 Å². The van der Waals surface area contributed by atoms with Crippen LogP contribution in [0.5, 0.6) is 0 Å². The van der Waals surface area contributed by atoms with Crippen molar-refractivity contribution in [1.82, 2.24) is 5.32 Å². The van der Waals surface area contributed by atoms with Crippen LogP contribution < -0.4 is 11.1 Å². The third-order valence-electron chi connectivity index (χ3n) is 4.54. The minimum atomic E-state index is -3.22. The fourth-order valence-electron chi connectivity index (χ4n) is 2.61. The largest absolute Gasteiger partial charge is 0.382 e. The van der Waals surface area contributed by atoms with E-state index in [1.165, 1.54) is 24.3 Å². The lowest BCUT2D eigenvalue weighted by molar-refractivity contribution is -0.138. The lowest BCUT2D eigenvalue weighted by Crippen LogP contribution is -2.58. The molecule has 1 saturated carbocycles. The molecule has 1 aromatic carbocycles. The molecule has 2 rings (SSSR count). The van der Waals surface area contributed by atoms with E-state index < -0.39 is 29.8 Å². The predicted molar refractivity (Wildman–Crippen MR) is 100 cm³/mol. The van der Waals surface area contributed by atoms with Gasteiger partial charge in [-0.15, -0.1) is 0 Å². The molecule has 2 amide bonds. The van der Waals surface area contributed by atoms with E-state index in [1.54, 1.807) is 0 Å². The average Bonchev–Trinajstić information content (AvgIpc) is 3.43. The Bertz CT molecular complexity index is 933. The van der Waals surface area contributed by atoms with E-state index in [2.05, 4.69) is 29.0 Å². The molecular formula is C21H20F2N2O4. The third-order valence-corrected chi connectivity index (χ3v) is 4.54. The van der Waals surface area contributed by atoms with Gasteiger partial charge in [0, 0.05) is 17.0 Å². The molecule has 1 fully saturated rings. The minimum Gasteiger partial charge on any atom is -0.382 e. The first-order valence-corrected chi connectivity index (χ1v) is 8.76. The summed E-state index contributed by atoms with van der Waals surface area (Å²) < 4.78 is 26.0. The molecule has 1 aromatic rings. The number of Topliss-reactive ketones (excluding diaryl/α,β-unsaturated/α-hetero) is 1. The maximum Gasteiger partial charge on any atom is 0.269 e. The normalized spacial score (nSPS) is 20.2. The zero-order chi connectivity index (χ0) is 21.8.